The van der Waals surface area contributed by atoms with Gasteiger partial charge in [-0.2, -0.15) is 0 Å². The number of benzene rings is 3. The van der Waals surface area contributed by atoms with E-state index in [9.17, 15) is 4.79 Å². The van der Waals surface area contributed by atoms with Crippen LogP contribution >= 0.6 is 0 Å². The van der Waals surface area contributed by atoms with Crippen molar-refractivity contribution in [3.8, 4) is 0 Å². The number of alkyl halides is 1. The zero-order chi connectivity index (χ0) is 26.0. The number of hydrogen-bond acceptors (Lipinski definition) is 6. The van der Waals surface area contributed by atoms with E-state index in [-0.39, 0.29) is 6.61 Å². The molecule has 37 heavy (non-hydrogen) atoms. The molecule has 0 bridgehead atoms. The summed E-state index contributed by atoms with van der Waals surface area (Å²) in [7, 11) is 0. The second-order valence-corrected chi connectivity index (χ2v) is 9.75. The van der Waals surface area contributed by atoms with Crippen LogP contribution in [-0.4, -0.2) is 49.1 Å². The molecular weight excluding hydrogens is 475 g/mol. The van der Waals surface area contributed by atoms with Gasteiger partial charge in [-0.15, -0.1) is 0 Å². The fraction of sp³-hybridized carbons (Fsp3) is 0.367. The summed E-state index contributed by atoms with van der Waals surface area (Å²) in [6.45, 7) is 4.42. The van der Waals surface area contributed by atoms with Gasteiger partial charge in [0.2, 0.25) is 0 Å². The van der Waals surface area contributed by atoms with E-state index in [1.54, 1.807) is 13.8 Å². The molecule has 7 heteroatoms. The average molecular weight is 507 g/mol. The Hall–Kier alpha value is -3.10. The van der Waals surface area contributed by atoms with Gasteiger partial charge in [0.25, 0.3) is 0 Å². The molecule has 2 saturated heterocycles. The van der Waals surface area contributed by atoms with Gasteiger partial charge < -0.3 is 23.7 Å². The fourth-order valence-electron chi connectivity index (χ4n) is 5.19. The van der Waals surface area contributed by atoms with Crippen LogP contribution in [0.25, 0.3) is 0 Å². The normalized spacial score (nSPS) is 25.4. The summed E-state index contributed by atoms with van der Waals surface area (Å²) >= 11 is 0. The number of halogens is 1. The van der Waals surface area contributed by atoms with Crippen LogP contribution in [0.4, 0.5) is 4.39 Å². The number of fused-ring (bicyclic) bond motifs is 1. The Bertz CT molecular complexity index is 1090. The van der Waals surface area contributed by atoms with E-state index in [0.717, 1.165) is 16.7 Å². The molecule has 3 aromatic rings. The van der Waals surface area contributed by atoms with Crippen molar-refractivity contribution in [1.82, 2.24) is 0 Å². The van der Waals surface area contributed by atoms with Gasteiger partial charge in [0, 0.05) is 6.92 Å². The standard InChI is InChI=1S/C30H31FO6/c1-20(32)34-26-25(35-28-27(26)36-29(2,3)37-28)24(31)19-33-30(21-13-7-4-8-14-21,22-15-9-5-10-16-22)23-17-11-6-12-18-23/h4-18,24-28H,19H2,1-3H3/t24-,25-,26+,27-,28-/m1/s1. The van der Waals surface area contributed by atoms with Crippen molar-refractivity contribution >= 4 is 5.97 Å². The molecule has 2 heterocycles. The molecule has 0 unspecified atom stereocenters. The van der Waals surface area contributed by atoms with Gasteiger partial charge in [-0.25, -0.2) is 4.39 Å². The first kappa shape index (κ1) is 25.5. The molecule has 0 spiro atoms. The first-order valence-corrected chi connectivity index (χ1v) is 12.4. The highest BCUT2D eigenvalue weighted by Crippen LogP contribution is 2.43. The maximum atomic E-state index is 16.0. The molecule has 5 atom stereocenters. The van der Waals surface area contributed by atoms with Crippen LogP contribution in [-0.2, 0) is 34.1 Å². The molecule has 0 radical (unpaired) electrons. The summed E-state index contributed by atoms with van der Waals surface area (Å²) < 4.78 is 45.7. The molecule has 2 fully saturated rings. The molecule has 0 aliphatic carbocycles. The lowest BCUT2D eigenvalue weighted by Gasteiger charge is -2.37. The molecule has 2 aliphatic rings. The Kier molecular flexibility index (Phi) is 7.14. The van der Waals surface area contributed by atoms with Crippen LogP contribution in [0.3, 0.4) is 0 Å². The van der Waals surface area contributed by atoms with Gasteiger partial charge in [-0.05, 0) is 30.5 Å². The van der Waals surface area contributed by atoms with Crippen molar-refractivity contribution in [3.05, 3.63) is 108 Å². The Morgan fingerprint density at radius 3 is 1.84 bits per heavy atom. The summed E-state index contributed by atoms with van der Waals surface area (Å²) in [6, 6.07) is 29.2. The Morgan fingerprint density at radius 2 is 1.38 bits per heavy atom. The van der Waals surface area contributed by atoms with E-state index in [4.69, 9.17) is 23.7 Å². The van der Waals surface area contributed by atoms with Crippen LogP contribution in [0, 0.1) is 0 Å². The first-order chi connectivity index (χ1) is 17.8. The number of carbonyl (C=O) groups is 1. The molecular formula is C30H31FO6. The number of rotatable bonds is 8. The molecule has 194 valence electrons. The second-order valence-electron chi connectivity index (χ2n) is 9.75. The lowest BCUT2D eigenvalue weighted by Crippen LogP contribution is -2.45. The van der Waals surface area contributed by atoms with E-state index in [1.807, 2.05) is 91.0 Å². The number of hydrogen-bond donors (Lipinski definition) is 0. The average Bonchev–Trinajstić information content (AvgIpc) is 3.38. The highest BCUT2D eigenvalue weighted by Gasteiger charge is 2.58. The zero-order valence-electron chi connectivity index (χ0n) is 21.1. The quantitative estimate of drug-likeness (QED) is 0.311. The minimum Gasteiger partial charge on any atom is -0.457 e. The molecule has 3 aromatic carbocycles. The van der Waals surface area contributed by atoms with E-state index in [0.29, 0.717) is 0 Å². The summed E-state index contributed by atoms with van der Waals surface area (Å²) in [6.07, 6.45) is -5.30. The Labute approximate surface area is 216 Å². The third kappa shape index (κ3) is 5.05. The van der Waals surface area contributed by atoms with Gasteiger partial charge in [0.05, 0.1) is 6.61 Å². The number of ether oxygens (including phenoxy) is 5. The smallest absolute Gasteiger partial charge is 0.303 e. The van der Waals surface area contributed by atoms with Gasteiger partial charge in [-0.3, -0.25) is 4.79 Å². The summed E-state index contributed by atoms with van der Waals surface area (Å²) in [5, 5.41) is 0. The molecule has 0 saturated carbocycles. The van der Waals surface area contributed by atoms with Crippen LogP contribution in [0.5, 0.6) is 0 Å². The zero-order valence-corrected chi connectivity index (χ0v) is 21.1. The predicted molar refractivity (Wildman–Crippen MR) is 134 cm³/mol. The van der Waals surface area contributed by atoms with Gasteiger partial charge in [-0.1, -0.05) is 91.0 Å². The molecule has 5 rings (SSSR count). The van der Waals surface area contributed by atoms with Crippen LogP contribution < -0.4 is 0 Å². The van der Waals surface area contributed by atoms with Crippen molar-refractivity contribution in [2.45, 2.75) is 62.9 Å². The molecule has 6 nitrogen and oxygen atoms in total. The van der Waals surface area contributed by atoms with Crippen molar-refractivity contribution in [2.24, 2.45) is 0 Å². The lowest BCUT2D eigenvalue weighted by atomic mass is 9.80. The van der Waals surface area contributed by atoms with Crippen molar-refractivity contribution in [2.75, 3.05) is 6.61 Å². The van der Waals surface area contributed by atoms with E-state index >= 15 is 4.39 Å². The minimum absolute atomic E-state index is 0.329. The van der Waals surface area contributed by atoms with Gasteiger partial charge >= 0.3 is 5.97 Å². The van der Waals surface area contributed by atoms with Gasteiger partial charge in [0.15, 0.2) is 30.5 Å². The van der Waals surface area contributed by atoms with Crippen molar-refractivity contribution < 1.29 is 32.9 Å². The minimum atomic E-state index is -1.64. The van der Waals surface area contributed by atoms with Crippen molar-refractivity contribution in [1.29, 1.82) is 0 Å². The third-order valence-electron chi connectivity index (χ3n) is 6.69. The first-order valence-electron chi connectivity index (χ1n) is 12.4. The highest BCUT2D eigenvalue weighted by molar-refractivity contribution is 5.66. The largest absolute Gasteiger partial charge is 0.457 e. The monoisotopic (exact) mass is 506 g/mol. The fourth-order valence-corrected chi connectivity index (χ4v) is 5.19. The summed E-state index contributed by atoms with van der Waals surface area (Å²) in [4.78, 5) is 11.9. The topological polar surface area (TPSA) is 63.2 Å². The Balaban J connectivity index is 1.48. The molecule has 0 N–H and O–H groups in total. The van der Waals surface area contributed by atoms with E-state index in [2.05, 4.69) is 0 Å². The van der Waals surface area contributed by atoms with Gasteiger partial charge in [0.1, 0.15) is 11.7 Å². The Morgan fingerprint density at radius 1 is 0.892 bits per heavy atom. The number of carbonyl (C=O) groups excluding carboxylic acids is 1. The van der Waals surface area contributed by atoms with Crippen LogP contribution in [0.1, 0.15) is 37.5 Å². The maximum Gasteiger partial charge on any atom is 0.303 e. The second kappa shape index (κ2) is 10.3. The lowest BCUT2D eigenvalue weighted by molar-refractivity contribution is -0.228. The predicted octanol–water partition coefficient (Wildman–Crippen LogP) is 5.14. The molecule has 0 amide bonds. The highest BCUT2D eigenvalue weighted by atomic mass is 19.1. The summed E-state index contributed by atoms with van der Waals surface area (Å²) in [5.74, 6) is -1.47. The van der Waals surface area contributed by atoms with Crippen molar-refractivity contribution in [3.63, 3.8) is 0 Å². The molecule has 2 aliphatic heterocycles. The van der Waals surface area contributed by atoms with E-state index in [1.165, 1.54) is 6.92 Å². The summed E-state index contributed by atoms with van der Waals surface area (Å²) in [5.41, 5.74) is 1.48. The third-order valence-corrected chi connectivity index (χ3v) is 6.69. The SMILES string of the molecule is CC(=O)O[C@@H]1[C@H]2OC(C)(C)O[C@H]2O[C@@H]1[C@H](F)COC(c1ccccc1)(c1ccccc1)c1ccccc1. The molecule has 0 aromatic heterocycles. The van der Waals surface area contributed by atoms with E-state index < -0.39 is 48.1 Å². The maximum absolute atomic E-state index is 16.0. The van der Waals surface area contributed by atoms with Crippen LogP contribution in [0.15, 0.2) is 91.0 Å². The number of esters is 1. The van der Waals surface area contributed by atoms with Crippen LogP contribution in [0.2, 0.25) is 0 Å².